The van der Waals surface area contributed by atoms with Crippen molar-refractivity contribution in [2.75, 3.05) is 5.32 Å². The Hall–Kier alpha value is 0.0500. The minimum absolute atomic E-state index is 0.315. The predicted molar refractivity (Wildman–Crippen MR) is 94.2 cm³/mol. The van der Waals surface area contributed by atoms with Crippen LogP contribution in [0.1, 0.15) is 0 Å². The lowest BCUT2D eigenvalue weighted by molar-refractivity contribution is -0.121. The van der Waals surface area contributed by atoms with E-state index in [1.807, 2.05) is 18.2 Å². The first-order chi connectivity index (χ1) is 9.34. The molecule has 0 aromatic heterocycles. The van der Waals surface area contributed by atoms with Crippen LogP contribution in [0.5, 0.6) is 0 Å². The Morgan fingerprint density at radius 3 is 2.55 bits per heavy atom. The third-order valence-electron chi connectivity index (χ3n) is 2.78. The van der Waals surface area contributed by atoms with Crippen LogP contribution in [0.3, 0.4) is 0 Å². The zero-order valence-corrected chi connectivity index (χ0v) is 16.3. The number of benzene rings is 1. The first-order valence-corrected chi connectivity index (χ1v) is 8.72. The van der Waals surface area contributed by atoms with Gasteiger partial charge in [0.1, 0.15) is 5.92 Å². The van der Waals surface area contributed by atoms with Gasteiger partial charge < -0.3 is 10.4 Å². The molecule has 106 valence electrons. The molecule has 0 saturated heterocycles. The fraction of sp³-hybridized carbons (Fsp3) is 0.154. The fourth-order valence-corrected chi connectivity index (χ4v) is 3.78. The molecule has 20 heavy (non-hydrogen) atoms. The molecule has 7 heteroatoms. The van der Waals surface area contributed by atoms with Gasteiger partial charge in [0.05, 0.1) is 10.2 Å². The number of alkyl halides is 1. The molecule has 1 amide bonds. The summed E-state index contributed by atoms with van der Waals surface area (Å²) in [7, 11) is 0. The topological polar surface area (TPSA) is 49.3 Å². The highest BCUT2D eigenvalue weighted by molar-refractivity contribution is 9.15. The standard InChI is InChI=1S/C13H9Br4NO2/c14-8-3-1-2-4-10(8)18-12(19)7-5-6-9(15)11(16)13(7,17)20/h1-7,20H,(H,18,19). The summed E-state index contributed by atoms with van der Waals surface area (Å²) in [6.45, 7) is 0. The van der Waals surface area contributed by atoms with E-state index >= 15 is 0 Å². The Bertz CT molecular complexity index is 610. The third-order valence-corrected chi connectivity index (χ3v) is 7.12. The van der Waals surface area contributed by atoms with Crippen LogP contribution in [-0.4, -0.2) is 15.5 Å². The molecular formula is C13H9Br4NO2. The van der Waals surface area contributed by atoms with Gasteiger partial charge in [-0.3, -0.25) is 4.79 Å². The molecule has 3 nitrogen and oxygen atoms in total. The number of hydrogen-bond acceptors (Lipinski definition) is 2. The van der Waals surface area contributed by atoms with E-state index in [4.69, 9.17) is 0 Å². The van der Waals surface area contributed by atoms with Gasteiger partial charge in [0.25, 0.3) is 0 Å². The van der Waals surface area contributed by atoms with Crippen molar-refractivity contribution in [2.45, 2.75) is 4.51 Å². The van der Waals surface area contributed by atoms with Crippen LogP contribution in [0.25, 0.3) is 0 Å². The zero-order valence-electron chi connectivity index (χ0n) is 9.91. The molecule has 0 heterocycles. The molecule has 2 N–H and O–H groups in total. The third kappa shape index (κ3) is 3.27. The van der Waals surface area contributed by atoms with Crippen LogP contribution in [-0.2, 0) is 4.79 Å². The molecular weight excluding hydrogens is 522 g/mol. The number of allylic oxidation sites excluding steroid dienone is 2. The average Bonchev–Trinajstić information content (AvgIpc) is 2.38. The summed E-state index contributed by atoms with van der Waals surface area (Å²) >= 11 is 13.1. The van der Waals surface area contributed by atoms with Crippen LogP contribution >= 0.6 is 63.7 Å². The largest absolute Gasteiger partial charge is 0.373 e. The van der Waals surface area contributed by atoms with Gasteiger partial charge in [-0.15, -0.1) is 0 Å². The Morgan fingerprint density at radius 2 is 1.90 bits per heavy atom. The Balaban J connectivity index is 2.23. The summed E-state index contributed by atoms with van der Waals surface area (Å²) in [5.41, 5.74) is 0.652. The van der Waals surface area contributed by atoms with Crippen LogP contribution in [0, 0.1) is 5.92 Å². The number of carbonyl (C=O) groups excluding carboxylic acids is 1. The summed E-state index contributed by atoms with van der Waals surface area (Å²) < 4.78 is 0.454. The lowest BCUT2D eigenvalue weighted by Crippen LogP contribution is -2.40. The van der Waals surface area contributed by atoms with Crippen molar-refractivity contribution in [2.24, 2.45) is 5.92 Å². The second-order valence-corrected chi connectivity index (χ2v) is 7.85. The number of halogens is 4. The Labute approximate surface area is 150 Å². The molecule has 2 unspecified atom stereocenters. The van der Waals surface area contributed by atoms with E-state index in [9.17, 15) is 9.90 Å². The highest BCUT2D eigenvalue weighted by Crippen LogP contribution is 2.44. The van der Waals surface area contributed by atoms with Gasteiger partial charge in [-0.2, -0.15) is 0 Å². The molecule has 2 rings (SSSR count). The van der Waals surface area contributed by atoms with Gasteiger partial charge in [-0.05, 0) is 59.9 Å². The number of para-hydroxylation sites is 1. The second kappa shape index (κ2) is 6.44. The molecule has 1 aromatic carbocycles. The summed E-state index contributed by atoms with van der Waals surface area (Å²) in [5.74, 6) is -1.07. The molecule has 2 atom stereocenters. The van der Waals surface area contributed by atoms with Gasteiger partial charge >= 0.3 is 0 Å². The lowest BCUT2D eigenvalue weighted by Gasteiger charge is -2.31. The molecule has 0 fully saturated rings. The SMILES string of the molecule is O=C(Nc1ccccc1Br)C1C=CC(Br)=C(Br)C1(O)Br. The van der Waals surface area contributed by atoms with E-state index < -0.39 is 10.4 Å². The van der Waals surface area contributed by atoms with Crippen LogP contribution in [0.2, 0.25) is 0 Å². The van der Waals surface area contributed by atoms with E-state index in [1.54, 1.807) is 18.2 Å². The van der Waals surface area contributed by atoms with Crippen LogP contribution in [0.4, 0.5) is 5.69 Å². The number of amides is 1. The molecule has 1 aliphatic rings. The predicted octanol–water partition coefficient (Wildman–Crippen LogP) is 4.66. The van der Waals surface area contributed by atoms with Gasteiger partial charge in [0.2, 0.25) is 5.91 Å². The minimum atomic E-state index is -1.48. The zero-order chi connectivity index (χ0) is 14.9. The summed E-state index contributed by atoms with van der Waals surface area (Å²) in [4.78, 5) is 12.4. The molecule has 0 bridgehead atoms. The normalized spacial score (nSPS) is 25.8. The Kier molecular flexibility index (Phi) is 5.29. The number of nitrogens with one attached hydrogen (secondary N) is 1. The van der Waals surface area contributed by atoms with E-state index in [2.05, 4.69) is 69.0 Å². The summed E-state index contributed by atoms with van der Waals surface area (Å²) in [6, 6.07) is 7.29. The van der Waals surface area contributed by atoms with Crippen molar-refractivity contribution in [1.29, 1.82) is 0 Å². The molecule has 1 aliphatic carbocycles. The van der Waals surface area contributed by atoms with E-state index in [1.165, 1.54) is 0 Å². The maximum atomic E-state index is 12.4. The molecule has 0 aliphatic heterocycles. The second-order valence-electron chi connectivity index (χ2n) is 4.14. The maximum absolute atomic E-state index is 12.4. The van der Waals surface area contributed by atoms with E-state index in [0.717, 1.165) is 4.47 Å². The minimum Gasteiger partial charge on any atom is -0.373 e. The molecule has 0 spiro atoms. The number of rotatable bonds is 2. The Morgan fingerprint density at radius 1 is 1.25 bits per heavy atom. The molecule has 0 saturated carbocycles. The lowest BCUT2D eigenvalue weighted by atomic mass is 9.96. The highest BCUT2D eigenvalue weighted by atomic mass is 79.9. The number of hydrogen-bond donors (Lipinski definition) is 2. The first-order valence-electron chi connectivity index (χ1n) is 5.54. The van der Waals surface area contributed by atoms with Crippen molar-refractivity contribution in [1.82, 2.24) is 0 Å². The van der Waals surface area contributed by atoms with E-state index in [0.29, 0.717) is 14.7 Å². The van der Waals surface area contributed by atoms with Crippen molar-refractivity contribution >= 4 is 75.3 Å². The van der Waals surface area contributed by atoms with Gasteiger partial charge in [-0.25, -0.2) is 0 Å². The number of anilines is 1. The van der Waals surface area contributed by atoms with Gasteiger partial charge in [-0.1, -0.05) is 40.2 Å². The van der Waals surface area contributed by atoms with Gasteiger partial charge in [0, 0.05) is 8.96 Å². The summed E-state index contributed by atoms with van der Waals surface area (Å²) in [5, 5.41) is 13.2. The maximum Gasteiger partial charge on any atom is 0.235 e. The first kappa shape index (κ1) is 16.4. The van der Waals surface area contributed by atoms with Crippen molar-refractivity contribution in [3.63, 3.8) is 0 Å². The van der Waals surface area contributed by atoms with Crippen molar-refractivity contribution < 1.29 is 9.90 Å². The number of aliphatic hydroxyl groups is 1. The number of carbonyl (C=O) groups is 1. The smallest absolute Gasteiger partial charge is 0.235 e. The van der Waals surface area contributed by atoms with Gasteiger partial charge in [0.15, 0.2) is 4.51 Å². The monoisotopic (exact) mass is 527 g/mol. The van der Waals surface area contributed by atoms with Crippen molar-refractivity contribution in [3.8, 4) is 0 Å². The van der Waals surface area contributed by atoms with Crippen LogP contribution in [0.15, 0.2) is 49.9 Å². The van der Waals surface area contributed by atoms with E-state index in [-0.39, 0.29) is 5.91 Å². The molecule has 0 radical (unpaired) electrons. The highest BCUT2D eigenvalue weighted by Gasteiger charge is 2.43. The van der Waals surface area contributed by atoms with Crippen molar-refractivity contribution in [3.05, 3.63) is 49.9 Å². The average molecular weight is 531 g/mol. The quantitative estimate of drug-likeness (QED) is 0.547. The van der Waals surface area contributed by atoms with Crippen LogP contribution < -0.4 is 5.32 Å². The summed E-state index contributed by atoms with van der Waals surface area (Å²) in [6.07, 6.45) is 3.36. The molecule has 1 aromatic rings. The fourth-order valence-electron chi connectivity index (χ4n) is 1.72.